The zero-order valence-corrected chi connectivity index (χ0v) is 50.7. The molecule has 3 heterocycles. The van der Waals surface area contributed by atoms with Crippen LogP contribution in [0.1, 0.15) is 152 Å². The van der Waals surface area contributed by atoms with Crippen LogP contribution in [0.4, 0.5) is 0 Å². The molecule has 0 spiro atoms. The number of carbonyl (C=O) groups excluding carboxylic acids is 10. The topological polar surface area (TPSA) is 444 Å². The Morgan fingerprint density at radius 3 is 1.73 bits per heavy atom. The van der Waals surface area contributed by atoms with E-state index in [4.69, 9.17) is 22.9 Å². The van der Waals surface area contributed by atoms with Crippen LogP contribution in [-0.4, -0.2) is 176 Å². The van der Waals surface area contributed by atoms with Crippen molar-refractivity contribution < 1.29 is 57.8 Å². The summed E-state index contributed by atoms with van der Waals surface area (Å²) < 4.78 is 0. The molecule has 2 aliphatic rings. The summed E-state index contributed by atoms with van der Waals surface area (Å²) >= 11 is 0. The fraction of sp³-hybridized carbons (Fsp3) is 0.732. The smallest absolute Gasteiger partial charge is 0.326 e. The molecular formula is C56H96N16O12. The molecule has 2 saturated heterocycles. The Kier molecular flexibility index (Phi) is 29.0. The van der Waals surface area contributed by atoms with Crippen molar-refractivity contribution in [3.05, 3.63) is 18.2 Å². The molecular weight excluding hydrogens is 1090 g/mol. The normalized spacial score (nSPS) is 18.3. The average Bonchev–Trinajstić information content (AvgIpc) is 2.51. The number of carboxylic acid groups (broad SMARTS) is 1. The number of amides is 10. The van der Waals surface area contributed by atoms with Crippen molar-refractivity contribution in [1.82, 2.24) is 57.0 Å². The van der Waals surface area contributed by atoms with Gasteiger partial charge in [-0.1, -0.05) is 75.7 Å². The van der Waals surface area contributed by atoms with Gasteiger partial charge in [0.2, 0.25) is 59.1 Å². The largest absolute Gasteiger partial charge is 0.480 e. The van der Waals surface area contributed by atoms with Crippen molar-refractivity contribution in [2.75, 3.05) is 19.6 Å². The summed E-state index contributed by atoms with van der Waals surface area (Å²) in [6.45, 7) is 18.5. The molecule has 0 aliphatic carbocycles. The van der Waals surface area contributed by atoms with Gasteiger partial charge in [-0.25, -0.2) is 9.78 Å². The number of rotatable bonds is 35. The zero-order valence-electron chi connectivity index (χ0n) is 50.7. The maximum Gasteiger partial charge on any atom is 0.326 e. The van der Waals surface area contributed by atoms with Gasteiger partial charge in [0, 0.05) is 44.4 Å². The van der Waals surface area contributed by atoms with Crippen LogP contribution in [0, 0.1) is 29.6 Å². The summed E-state index contributed by atoms with van der Waals surface area (Å²) in [5, 5.41) is 28.6. The lowest BCUT2D eigenvalue weighted by atomic mass is 9.96. The SMILES string of the molecule is CC[C@H](C)[C@H](NC(=O)[C@H](CC(C)C)NC(=O)[C@H](Cc1cnc[nH]1)NC(=O)[C@H](CCC(N)=O)NC(=O)[C@@H]1CCCN1C(=O)[C@@H]1CCCN1C(=O)[C@H](CC(C)C)NC(=O)[C@@H](N)CC(C)C)C(=O)N[C@@H](CCCN=C(N)N)C(=O)N[C@H](C(=O)O)C(C)C. The van der Waals surface area contributed by atoms with E-state index in [0.29, 0.717) is 44.2 Å². The Morgan fingerprint density at radius 1 is 0.643 bits per heavy atom. The van der Waals surface area contributed by atoms with E-state index >= 15 is 0 Å². The molecule has 84 heavy (non-hydrogen) atoms. The quantitative estimate of drug-likeness (QED) is 0.0218. The molecule has 10 amide bonds. The molecule has 11 atom stereocenters. The van der Waals surface area contributed by atoms with E-state index in [9.17, 15) is 57.8 Å². The molecule has 472 valence electrons. The number of likely N-dealkylation sites (tertiary alicyclic amines) is 2. The maximum absolute atomic E-state index is 14.5. The van der Waals surface area contributed by atoms with Crippen LogP contribution in [0.5, 0.6) is 0 Å². The Bertz CT molecular complexity index is 2430. The van der Waals surface area contributed by atoms with Crippen LogP contribution < -0.4 is 60.2 Å². The summed E-state index contributed by atoms with van der Waals surface area (Å²) in [7, 11) is 0. The second-order valence-corrected chi connectivity index (χ2v) is 23.9. The van der Waals surface area contributed by atoms with E-state index in [1.165, 1.54) is 22.3 Å². The molecule has 3 rings (SSSR count). The third kappa shape index (κ3) is 22.6. The second kappa shape index (κ2) is 34.4. The lowest BCUT2D eigenvalue weighted by Crippen LogP contribution is -2.61. The van der Waals surface area contributed by atoms with Gasteiger partial charge in [0.1, 0.15) is 54.4 Å². The van der Waals surface area contributed by atoms with E-state index in [1.807, 2.05) is 27.7 Å². The van der Waals surface area contributed by atoms with Crippen LogP contribution in [0.3, 0.4) is 0 Å². The minimum atomic E-state index is -1.48. The van der Waals surface area contributed by atoms with Crippen LogP contribution in [-0.2, 0) is 59.2 Å². The number of carbonyl (C=O) groups is 11. The number of aliphatic carboxylic acids is 1. The van der Waals surface area contributed by atoms with Crippen molar-refractivity contribution in [3.63, 3.8) is 0 Å². The first-order valence-corrected chi connectivity index (χ1v) is 29.5. The van der Waals surface area contributed by atoms with Crippen molar-refractivity contribution in [2.45, 2.75) is 213 Å². The van der Waals surface area contributed by atoms with Gasteiger partial charge in [0.25, 0.3) is 0 Å². The lowest BCUT2D eigenvalue weighted by Gasteiger charge is -2.34. The third-order valence-electron chi connectivity index (χ3n) is 14.9. The minimum Gasteiger partial charge on any atom is -0.480 e. The highest BCUT2D eigenvalue weighted by Gasteiger charge is 2.45. The number of imidazole rings is 1. The second-order valence-electron chi connectivity index (χ2n) is 23.9. The standard InChI is InChI=1S/C56H96N16O12/c1-11-33(10)45(52(80)65-36(15-12-20-62-56(59)60)48(76)69-44(32(8)9)55(83)84)70-50(78)38(24-30(4)5)66-49(77)39(26-34-27-61-28-63-34)67-47(75)37(18-19-43(58)73)64-51(79)41-16-13-21-71(41)54(82)42-17-14-22-72(42)53(81)40(25-31(6)7)68-46(74)35(57)23-29(2)3/h27-33,35-42,44-45H,11-26,57H2,1-10H3,(H2,58,73)(H,61,63)(H,64,79)(H,65,80)(H,66,77)(H,67,75)(H,68,74)(H,69,76)(H,70,78)(H,83,84)(H4,59,60,62)/t33-,35-,36-,37-,38-,39-,40-,41-,42-,44-,45-/m0/s1. The van der Waals surface area contributed by atoms with Crippen molar-refractivity contribution in [2.24, 2.45) is 57.5 Å². The Labute approximate surface area is 492 Å². The van der Waals surface area contributed by atoms with Gasteiger partial charge in [-0.2, -0.15) is 0 Å². The van der Waals surface area contributed by atoms with E-state index in [2.05, 4.69) is 52.2 Å². The first-order chi connectivity index (χ1) is 39.4. The zero-order chi connectivity index (χ0) is 63.1. The summed E-state index contributed by atoms with van der Waals surface area (Å²) in [6.07, 6.45) is 4.61. The molecule has 2 aliphatic heterocycles. The molecule has 1 aromatic heterocycles. The number of hydrogen-bond donors (Lipinski definition) is 13. The van der Waals surface area contributed by atoms with Gasteiger partial charge in [-0.15, -0.1) is 0 Å². The molecule has 2 fully saturated rings. The predicted octanol–water partition coefficient (Wildman–Crippen LogP) is -1.10. The van der Waals surface area contributed by atoms with Crippen molar-refractivity contribution >= 4 is 71.0 Å². The van der Waals surface area contributed by atoms with Crippen LogP contribution in [0.2, 0.25) is 0 Å². The van der Waals surface area contributed by atoms with E-state index < -0.39 is 137 Å². The molecule has 0 radical (unpaired) electrons. The maximum atomic E-state index is 14.5. The first kappa shape index (κ1) is 70.9. The number of nitrogens with zero attached hydrogens (tertiary/aromatic N) is 4. The predicted molar refractivity (Wildman–Crippen MR) is 312 cm³/mol. The fourth-order valence-electron chi connectivity index (χ4n) is 10.2. The lowest BCUT2D eigenvalue weighted by molar-refractivity contribution is -0.148. The van der Waals surface area contributed by atoms with E-state index in [-0.39, 0.29) is 88.3 Å². The van der Waals surface area contributed by atoms with Gasteiger partial charge < -0.3 is 80.0 Å². The first-order valence-electron chi connectivity index (χ1n) is 29.5. The highest BCUT2D eigenvalue weighted by atomic mass is 16.4. The molecule has 0 saturated carbocycles. The molecule has 28 nitrogen and oxygen atoms in total. The van der Waals surface area contributed by atoms with Crippen molar-refractivity contribution in [1.29, 1.82) is 0 Å². The molecule has 0 bridgehead atoms. The highest BCUT2D eigenvalue weighted by Crippen LogP contribution is 2.27. The Hall–Kier alpha value is -7.39. The van der Waals surface area contributed by atoms with Crippen LogP contribution in [0.15, 0.2) is 17.5 Å². The van der Waals surface area contributed by atoms with Gasteiger partial charge >= 0.3 is 5.97 Å². The Morgan fingerprint density at radius 2 is 1.17 bits per heavy atom. The molecule has 0 unspecified atom stereocenters. The Balaban J connectivity index is 1.89. The number of aromatic nitrogens is 2. The number of nitrogens with one attached hydrogen (secondary N) is 8. The third-order valence-corrected chi connectivity index (χ3v) is 14.9. The number of aliphatic imine (C=N–C) groups is 1. The van der Waals surface area contributed by atoms with Crippen LogP contribution in [0.25, 0.3) is 0 Å². The number of primary amides is 1. The van der Waals surface area contributed by atoms with Gasteiger partial charge in [0.15, 0.2) is 5.96 Å². The highest BCUT2D eigenvalue weighted by molar-refractivity contribution is 5.99. The summed E-state index contributed by atoms with van der Waals surface area (Å²) in [4.78, 5) is 165. The number of aromatic amines is 1. The molecule has 28 heteroatoms. The summed E-state index contributed by atoms with van der Waals surface area (Å²) in [6, 6.07) is -11.9. The van der Waals surface area contributed by atoms with Gasteiger partial charge in [0.05, 0.1) is 12.4 Å². The minimum absolute atomic E-state index is 0.000294. The number of carboxylic acids is 1. The summed E-state index contributed by atoms with van der Waals surface area (Å²) in [5.74, 6) is -9.60. The van der Waals surface area contributed by atoms with E-state index in [0.717, 1.165) is 0 Å². The van der Waals surface area contributed by atoms with Crippen molar-refractivity contribution in [3.8, 4) is 0 Å². The van der Waals surface area contributed by atoms with E-state index in [1.54, 1.807) is 41.5 Å². The number of H-pyrrole nitrogens is 1. The number of hydrogen-bond acceptors (Lipinski definition) is 14. The van der Waals surface area contributed by atoms with Gasteiger partial charge in [-0.3, -0.25) is 52.9 Å². The summed E-state index contributed by atoms with van der Waals surface area (Å²) in [5.41, 5.74) is 23.0. The number of nitrogens with two attached hydrogens (primary N) is 4. The monoisotopic (exact) mass is 1180 g/mol. The van der Waals surface area contributed by atoms with Gasteiger partial charge in [-0.05, 0) is 93.8 Å². The fourth-order valence-corrected chi connectivity index (χ4v) is 10.2. The average molecular weight is 1190 g/mol. The molecule has 1 aromatic rings. The molecule has 0 aromatic carbocycles. The molecule has 17 N–H and O–H groups in total. The number of guanidine groups is 1. The van der Waals surface area contributed by atoms with Crippen LogP contribution >= 0.6 is 0 Å².